The van der Waals surface area contributed by atoms with Crippen LogP contribution in [-0.4, -0.2) is 33.5 Å². The van der Waals surface area contributed by atoms with E-state index in [2.05, 4.69) is 5.32 Å². The van der Waals surface area contributed by atoms with Gasteiger partial charge in [0, 0.05) is 19.8 Å². The molecule has 0 radical (unpaired) electrons. The lowest BCUT2D eigenvalue weighted by Crippen LogP contribution is -2.20. The molecule has 0 bridgehead atoms. The van der Waals surface area contributed by atoms with E-state index in [0.29, 0.717) is 19.3 Å². The SMILES string of the molecule is COCCOCCCCNC1CCc2c(F)cccc21. The first-order valence-electron chi connectivity index (χ1n) is 7.40. The lowest BCUT2D eigenvalue weighted by atomic mass is 10.1. The zero-order valence-corrected chi connectivity index (χ0v) is 12.2. The molecule has 20 heavy (non-hydrogen) atoms. The fraction of sp³-hybridized carbons (Fsp3) is 0.625. The van der Waals surface area contributed by atoms with Crippen LogP contribution < -0.4 is 5.32 Å². The first kappa shape index (κ1) is 15.4. The molecule has 3 nitrogen and oxygen atoms in total. The Balaban J connectivity index is 1.61. The van der Waals surface area contributed by atoms with Crippen molar-refractivity contribution in [1.82, 2.24) is 5.32 Å². The maximum Gasteiger partial charge on any atom is 0.126 e. The first-order chi connectivity index (χ1) is 9.83. The number of fused-ring (bicyclic) bond motifs is 1. The summed E-state index contributed by atoms with van der Waals surface area (Å²) in [5.74, 6) is -0.0571. The van der Waals surface area contributed by atoms with E-state index in [4.69, 9.17) is 9.47 Å². The largest absolute Gasteiger partial charge is 0.382 e. The monoisotopic (exact) mass is 281 g/mol. The topological polar surface area (TPSA) is 30.5 Å². The number of methoxy groups -OCH3 is 1. The molecule has 1 aliphatic rings. The van der Waals surface area contributed by atoms with Gasteiger partial charge in [-0.1, -0.05) is 12.1 Å². The predicted octanol–water partition coefficient (Wildman–Crippen LogP) is 2.85. The minimum absolute atomic E-state index is 0.0571. The predicted molar refractivity (Wildman–Crippen MR) is 77.4 cm³/mol. The van der Waals surface area contributed by atoms with Gasteiger partial charge >= 0.3 is 0 Å². The Hall–Kier alpha value is -0.970. The molecule has 0 aromatic heterocycles. The van der Waals surface area contributed by atoms with Gasteiger partial charge in [-0.05, 0) is 49.4 Å². The molecule has 1 aromatic carbocycles. The van der Waals surface area contributed by atoms with Crippen LogP contribution in [0.4, 0.5) is 4.39 Å². The number of benzene rings is 1. The minimum Gasteiger partial charge on any atom is -0.382 e. The Kier molecular flexibility index (Phi) is 6.43. The third-order valence-electron chi connectivity index (χ3n) is 3.75. The molecular weight excluding hydrogens is 257 g/mol. The second-order valence-electron chi connectivity index (χ2n) is 5.17. The standard InChI is InChI=1S/C16H24FNO2/c1-19-11-12-20-10-3-2-9-18-16-8-7-13-14(16)5-4-6-15(13)17/h4-6,16,18H,2-3,7-12H2,1H3. The van der Waals surface area contributed by atoms with Gasteiger partial charge in [0.1, 0.15) is 5.82 Å². The summed E-state index contributed by atoms with van der Waals surface area (Å²) in [6.45, 7) is 3.05. The van der Waals surface area contributed by atoms with Crippen molar-refractivity contribution >= 4 is 0 Å². The van der Waals surface area contributed by atoms with Crippen molar-refractivity contribution in [2.24, 2.45) is 0 Å². The van der Waals surface area contributed by atoms with Crippen molar-refractivity contribution in [3.05, 3.63) is 35.1 Å². The Morgan fingerprint density at radius 3 is 3.00 bits per heavy atom. The first-order valence-corrected chi connectivity index (χ1v) is 7.40. The highest BCUT2D eigenvalue weighted by atomic mass is 19.1. The van der Waals surface area contributed by atoms with Crippen LogP contribution in [0.3, 0.4) is 0 Å². The van der Waals surface area contributed by atoms with Crippen molar-refractivity contribution in [3.8, 4) is 0 Å². The molecule has 0 heterocycles. The molecule has 0 saturated heterocycles. The molecule has 1 aromatic rings. The molecule has 4 heteroatoms. The Morgan fingerprint density at radius 1 is 1.25 bits per heavy atom. The summed E-state index contributed by atoms with van der Waals surface area (Å²) in [4.78, 5) is 0. The van der Waals surface area contributed by atoms with Gasteiger partial charge in [0.15, 0.2) is 0 Å². The summed E-state index contributed by atoms with van der Waals surface area (Å²) in [6.07, 6.45) is 3.97. The van der Waals surface area contributed by atoms with Crippen molar-refractivity contribution in [3.63, 3.8) is 0 Å². The zero-order chi connectivity index (χ0) is 14.2. The molecule has 0 spiro atoms. The average Bonchev–Trinajstić information content (AvgIpc) is 2.87. The number of rotatable bonds is 9. The van der Waals surface area contributed by atoms with E-state index in [1.165, 1.54) is 0 Å². The maximum atomic E-state index is 13.6. The summed E-state index contributed by atoms with van der Waals surface area (Å²) in [5.41, 5.74) is 2.04. The van der Waals surface area contributed by atoms with Gasteiger partial charge in [-0.25, -0.2) is 4.39 Å². The van der Waals surface area contributed by atoms with Crippen LogP contribution in [0.15, 0.2) is 18.2 Å². The van der Waals surface area contributed by atoms with Crippen molar-refractivity contribution in [1.29, 1.82) is 0 Å². The second-order valence-corrected chi connectivity index (χ2v) is 5.17. The van der Waals surface area contributed by atoms with E-state index in [0.717, 1.165) is 50.0 Å². The van der Waals surface area contributed by atoms with Gasteiger partial charge in [0.2, 0.25) is 0 Å². The van der Waals surface area contributed by atoms with Crippen LogP contribution in [-0.2, 0) is 15.9 Å². The van der Waals surface area contributed by atoms with Crippen molar-refractivity contribution < 1.29 is 13.9 Å². The van der Waals surface area contributed by atoms with Crippen LogP contribution in [0.2, 0.25) is 0 Å². The van der Waals surface area contributed by atoms with Crippen LogP contribution in [0.1, 0.15) is 36.4 Å². The van der Waals surface area contributed by atoms with Crippen LogP contribution in [0, 0.1) is 5.82 Å². The lowest BCUT2D eigenvalue weighted by Gasteiger charge is -2.14. The van der Waals surface area contributed by atoms with E-state index < -0.39 is 0 Å². The fourth-order valence-electron chi connectivity index (χ4n) is 2.67. The van der Waals surface area contributed by atoms with Crippen LogP contribution >= 0.6 is 0 Å². The molecule has 0 aliphatic heterocycles. The molecule has 0 amide bonds. The van der Waals surface area contributed by atoms with Crippen molar-refractivity contribution in [2.45, 2.75) is 31.7 Å². The number of ether oxygens (including phenoxy) is 2. The summed E-state index contributed by atoms with van der Waals surface area (Å²) in [7, 11) is 1.68. The maximum absolute atomic E-state index is 13.6. The fourth-order valence-corrected chi connectivity index (χ4v) is 2.67. The molecule has 1 unspecified atom stereocenters. The zero-order valence-electron chi connectivity index (χ0n) is 12.2. The third kappa shape index (κ3) is 4.27. The van der Waals surface area contributed by atoms with Gasteiger partial charge in [-0.2, -0.15) is 0 Å². The molecule has 1 N–H and O–H groups in total. The van der Waals surface area contributed by atoms with Gasteiger partial charge < -0.3 is 14.8 Å². The summed E-state index contributed by atoms with van der Waals surface area (Å²) >= 11 is 0. The quantitative estimate of drug-likeness (QED) is 0.706. The molecule has 0 fully saturated rings. The van der Waals surface area contributed by atoms with Gasteiger partial charge in [-0.15, -0.1) is 0 Å². The smallest absolute Gasteiger partial charge is 0.126 e. The lowest BCUT2D eigenvalue weighted by molar-refractivity contribution is 0.0687. The van der Waals surface area contributed by atoms with Gasteiger partial charge in [0.25, 0.3) is 0 Å². The minimum atomic E-state index is -0.0571. The number of hydrogen-bond donors (Lipinski definition) is 1. The second kappa shape index (κ2) is 8.35. The summed E-state index contributed by atoms with van der Waals surface area (Å²) in [6, 6.07) is 5.71. The van der Waals surface area contributed by atoms with E-state index in [1.807, 2.05) is 6.07 Å². The molecule has 1 atom stereocenters. The average molecular weight is 281 g/mol. The number of nitrogens with one attached hydrogen (secondary N) is 1. The van der Waals surface area contributed by atoms with E-state index in [9.17, 15) is 4.39 Å². The summed E-state index contributed by atoms with van der Waals surface area (Å²) in [5, 5.41) is 3.52. The van der Waals surface area contributed by atoms with Gasteiger partial charge in [-0.3, -0.25) is 0 Å². The number of hydrogen-bond acceptors (Lipinski definition) is 3. The normalized spacial score (nSPS) is 17.4. The van der Waals surface area contributed by atoms with Crippen LogP contribution in [0.25, 0.3) is 0 Å². The van der Waals surface area contributed by atoms with Gasteiger partial charge in [0.05, 0.1) is 13.2 Å². The molecule has 1 aliphatic carbocycles. The van der Waals surface area contributed by atoms with Crippen molar-refractivity contribution in [2.75, 3.05) is 33.5 Å². The highest BCUT2D eigenvalue weighted by molar-refractivity contribution is 5.35. The number of halogens is 1. The number of unbranched alkanes of at least 4 members (excludes halogenated alkanes) is 1. The molecule has 2 rings (SSSR count). The Labute approximate surface area is 120 Å². The summed E-state index contributed by atoms with van der Waals surface area (Å²) < 4.78 is 23.9. The Bertz CT molecular complexity index is 411. The molecular formula is C16H24FNO2. The highest BCUT2D eigenvalue weighted by Crippen LogP contribution is 2.32. The van der Waals surface area contributed by atoms with Crippen LogP contribution in [0.5, 0.6) is 0 Å². The Morgan fingerprint density at radius 2 is 2.15 bits per heavy atom. The molecule has 0 saturated carbocycles. The van der Waals surface area contributed by atoms with E-state index in [-0.39, 0.29) is 5.82 Å². The van der Waals surface area contributed by atoms with E-state index >= 15 is 0 Å². The third-order valence-corrected chi connectivity index (χ3v) is 3.75. The highest BCUT2D eigenvalue weighted by Gasteiger charge is 2.23. The molecule has 112 valence electrons. The van der Waals surface area contributed by atoms with E-state index in [1.54, 1.807) is 19.2 Å².